The summed E-state index contributed by atoms with van der Waals surface area (Å²) in [4.78, 5) is 7.93. The van der Waals surface area contributed by atoms with E-state index in [4.69, 9.17) is 15.7 Å². The molecule has 0 bridgehead atoms. The molecular weight excluding hydrogens is 240 g/mol. The summed E-state index contributed by atoms with van der Waals surface area (Å²) in [5.41, 5.74) is 6.44. The second kappa shape index (κ2) is 9.66. The zero-order valence-corrected chi connectivity index (χ0v) is 11.8. The van der Waals surface area contributed by atoms with E-state index in [-0.39, 0.29) is 6.61 Å². The fourth-order valence-corrected chi connectivity index (χ4v) is 1.26. The number of nitrogen functional groups attached to an aromatic ring is 1. The topological polar surface area (TPSA) is 84.8 Å². The summed E-state index contributed by atoms with van der Waals surface area (Å²) in [5, 5.41) is 9.10. The van der Waals surface area contributed by atoms with Crippen molar-refractivity contribution in [2.24, 2.45) is 0 Å². The highest BCUT2D eigenvalue weighted by Gasteiger charge is 2.01. The zero-order valence-electron chi connectivity index (χ0n) is 11.8. The third-order valence-electron chi connectivity index (χ3n) is 1.94. The Labute approximate surface area is 114 Å². The quantitative estimate of drug-likeness (QED) is 0.896. The van der Waals surface area contributed by atoms with Crippen molar-refractivity contribution in [1.29, 1.82) is 5.26 Å². The lowest BCUT2D eigenvalue weighted by Gasteiger charge is -2.04. The largest absolute Gasteiger partial charge is 0.479 e. The van der Waals surface area contributed by atoms with Crippen LogP contribution in [0, 0.1) is 11.3 Å². The van der Waals surface area contributed by atoms with E-state index in [0.29, 0.717) is 11.6 Å². The van der Waals surface area contributed by atoms with E-state index in [9.17, 15) is 0 Å². The molecule has 0 spiro atoms. The Bertz CT molecular complexity index is 534. The van der Waals surface area contributed by atoms with Gasteiger partial charge < -0.3 is 10.5 Å². The summed E-state index contributed by atoms with van der Waals surface area (Å²) in [5.74, 6) is 0.993. The first-order valence-corrected chi connectivity index (χ1v) is 6.31. The fraction of sp³-hybridized carbons (Fsp3) is 0.357. The second-order valence-corrected chi connectivity index (χ2v) is 2.88. The molecule has 0 fully saturated rings. The van der Waals surface area contributed by atoms with Gasteiger partial charge in [0.1, 0.15) is 24.0 Å². The summed E-state index contributed by atoms with van der Waals surface area (Å²) in [6.07, 6.45) is 1.41. The number of nitrogens with two attached hydrogens (primary N) is 1. The molecule has 0 atom stereocenters. The van der Waals surface area contributed by atoms with Crippen LogP contribution in [-0.4, -0.2) is 16.6 Å². The Kier molecular flexibility index (Phi) is 8.46. The molecule has 0 aliphatic heterocycles. The van der Waals surface area contributed by atoms with Gasteiger partial charge in [-0.05, 0) is 18.2 Å². The van der Waals surface area contributed by atoms with Crippen molar-refractivity contribution in [2.45, 2.75) is 27.7 Å². The highest BCUT2D eigenvalue weighted by atomic mass is 16.5. The Morgan fingerprint density at radius 1 is 1.21 bits per heavy atom. The summed E-state index contributed by atoms with van der Waals surface area (Å²) < 4.78 is 5.15. The SMILES string of the molecule is CC.CC.N#CCOc1ccc2ncnc(N)c2c1. The number of benzene rings is 1. The molecule has 2 N–H and O–H groups in total. The lowest BCUT2D eigenvalue weighted by atomic mass is 10.2. The summed E-state index contributed by atoms with van der Waals surface area (Å²) in [6, 6.07) is 7.14. The van der Waals surface area contributed by atoms with Crippen molar-refractivity contribution >= 4 is 16.7 Å². The minimum Gasteiger partial charge on any atom is -0.479 e. The first-order valence-electron chi connectivity index (χ1n) is 6.31. The number of anilines is 1. The van der Waals surface area contributed by atoms with E-state index in [1.165, 1.54) is 6.33 Å². The second-order valence-electron chi connectivity index (χ2n) is 2.88. The van der Waals surface area contributed by atoms with E-state index in [1.54, 1.807) is 18.2 Å². The van der Waals surface area contributed by atoms with Crippen LogP contribution in [0.3, 0.4) is 0 Å². The van der Waals surface area contributed by atoms with Crippen LogP contribution in [0.25, 0.3) is 10.9 Å². The standard InChI is InChI=1S/C10H8N4O.2C2H6/c11-3-4-15-7-1-2-9-8(5-7)10(12)14-6-13-9;2*1-2/h1-2,5-6H,4H2,(H2,12,13,14);2*1-2H3. The maximum Gasteiger partial charge on any atom is 0.174 e. The van der Waals surface area contributed by atoms with Crippen molar-refractivity contribution in [2.75, 3.05) is 12.3 Å². The molecule has 0 saturated heterocycles. The van der Waals surface area contributed by atoms with Crippen molar-refractivity contribution < 1.29 is 4.74 Å². The Hall–Kier alpha value is -2.35. The lowest BCUT2D eigenvalue weighted by molar-refractivity contribution is 0.368. The highest BCUT2D eigenvalue weighted by molar-refractivity contribution is 5.88. The van der Waals surface area contributed by atoms with E-state index in [1.807, 2.05) is 33.8 Å². The molecule has 0 aliphatic carbocycles. The molecule has 1 aromatic heterocycles. The molecule has 5 heteroatoms. The van der Waals surface area contributed by atoms with Gasteiger partial charge >= 0.3 is 0 Å². The maximum absolute atomic E-state index is 8.37. The normalized spacial score (nSPS) is 8.37. The average molecular weight is 260 g/mol. The molecule has 2 rings (SSSR count). The van der Waals surface area contributed by atoms with Gasteiger partial charge in [0.05, 0.1) is 5.52 Å². The Morgan fingerprint density at radius 3 is 2.53 bits per heavy atom. The number of rotatable bonds is 2. The van der Waals surface area contributed by atoms with Gasteiger partial charge in [0.2, 0.25) is 0 Å². The van der Waals surface area contributed by atoms with E-state index < -0.39 is 0 Å². The Morgan fingerprint density at radius 2 is 1.89 bits per heavy atom. The number of aromatic nitrogens is 2. The molecule has 0 radical (unpaired) electrons. The number of fused-ring (bicyclic) bond motifs is 1. The molecule has 102 valence electrons. The molecule has 5 nitrogen and oxygen atoms in total. The summed E-state index contributed by atoms with van der Waals surface area (Å²) in [6.45, 7) is 8.01. The van der Waals surface area contributed by atoms with Crippen molar-refractivity contribution in [3.05, 3.63) is 24.5 Å². The number of nitrogens with zero attached hydrogens (tertiary/aromatic N) is 3. The predicted molar refractivity (Wildman–Crippen MR) is 77.8 cm³/mol. The highest BCUT2D eigenvalue weighted by Crippen LogP contribution is 2.22. The van der Waals surface area contributed by atoms with Gasteiger partial charge in [-0.25, -0.2) is 9.97 Å². The molecular formula is C14H20N4O. The van der Waals surface area contributed by atoms with Gasteiger partial charge in [-0.2, -0.15) is 5.26 Å². The number of hydrogen-bond acceptors (Lipinski definition) is 5. The van der Waals surface area contributed by atoms with Gasteiger partial charge in [-0.15, -0.1) is 0 Å². The van der Waals surface area contributed by atoms with E-state index in [0.717, 1.165) is 10.9 Å². The van der Waals surface area contributed by atoms with Crippen LogP contribution in [0.2, 0.25) is 0 Å². The first kappa shape index (κ1) is 16.6. The monoisotopic (exact) mass is 260 g/mol. The fourth-order valence-electron chi connectivity index (χ4n) is 1.26. The molecule has 1 aromatic carbocycles. The number of nitriles is 1. The maximum atomic E-state index is 8.37. The van der Waals surface area contributed by atoms with Gasteiger partial charge in [0, 0.05) is 5.39 Å². The van der Waals surface area contributed by atoms with Gasteiger partial charge in [0.15, 0.2) is 6.61 Å². The number of ether oxygens (including phenoxy) is 1. The smallest absolute Gasteiger partial charge is 0.174 e. The predicted octanol–water partition coefficient (Wildman–Crippen LogP) is 3.17. The molecule has 0 saturated carbocycles. The molecule has 0 unspecified atom stereocenters. The van der Waals surface area contributed by atoms with Crippen molar-refractivity contribution in [1.82, 2.24) is 9.97 Å². The minimum absolute atomic E-state index is 0.0130. The van der Waals surface area contributed by atoms with Crippen LogP contribution in [0.1, 0.15) is 27.7 Å². The van der Waals surface area contributed by atoms with Crippen molar-refractivity contribution in [3.63, 3.8) is 0 Å². The number of hydrogen-bond donors (Lipinski definition) is 1. The molecule has 19 heavy (non-hydrogen) atoms. The minimum atomic E-state index is 0.0130. The van der Waals surface area contributed by atoms with Crippen LogP contribution in [0.4, 0.5) is 5.82 Å². The molecule has 1 heterocycles. The van der Waals surface area contributed by atoms with E-state index in [2.05, 4.69) is 9.97 Å². The van der Waals surface area contributed by atoms with Gasteiger partial charge in [-0.3, -0.25) is 0 Å². The zero-order chi connectivity index (χ0) is 14.7. The van der Waals surface area contributed by atoms with Gasteiger partial charge in [0.25, 0.3) is 0 Å². The van der Waals surface area contributed by atoms with Crippen LogP contribution in [0.15, 0.2) is 24.5 Å². The summed E-state index contributed by atoms with van der Waals surface area (Å²) in [7, 11) is 0. The van der Waals surface area contributed by atoms with Crippen LogP contribution < -0.4 is 10.5 Å². The van der Waals surface area contributed by atoms with Crippen molar-refractivity contribution in [3.8, 4) is 11.8 Å². The first-order chi connectivity index (χ1) is 9.31. The summed E-state index contributed by atoms with van der Waals surface area (Å²) >= 11 is 0. The molecule has 0 amide bonds. The third kappa shape index (κ3) is 4.80. The lowest BCUT2D eigenvalue weighted by Crippen LogP contribution is -1.96. The van der Waals surface area contributed by atoms with Gasteiger partial charge in [-0.1, -0.05) is 27.7 Å². The molecule has 0 aliphatic rings. The van der Waals surface area contributed by atoms with Crippen LogP contribution in [-0.2, 0) is 0 Å². The average Bonchev–Trinajstić information content (AvgIpc) is 2.50. The molecule has 2 aromatic rings. The van der Waals surface area contributed by atoms with Crippen LogP contribution in [0.5, 0.6) is 5.75 Å². The van der Waals surface area contributed by atoms with Crippen LogP contribution >= 0.6 is 0 Å². The van der Waals surface area contributed by atoms with E-state index >= 15 is 0 Å². The third-order valence-corrected chi connectivity index (χ3v) is 1.94. The Balaban J connectivity index is 0.000000741.